The summed E-state index contributed by atoms with van der Waals surface area (Å²) in [5.74, 6) is -1.61. The molecule has 21 heavy (non-hydrogen) atoms. The first kappa shape index (κ1) is 15.6. The Morgan fingerprint density at radius 3 is 2.62 bits per heavy atom. The van der Waals surface area contributed by atoms with Gasteiger partial charge in [0.2, 0.25) is 5.82 Å². The van der Waals surface area contributed by atoms with Crippen LogP contribution < -0.4 is 5.32 Å². The highest BCUT2D eigenvalue weighted by Crippen LogP contribution is 2.29. The van der Waals surface area contributed by atoms with E-state index in [0.717, 1.165) is 38.5 Å². The molecule has 1 aromatic carbocycles. The number of benzene rings is 1. The fourth-order valence-electron chi connectivity index (χ4n) is 2.65. The molecule has 116 valence electrons. The summed E-state index contributed by atoms with van der Waals surface area (Å²) in [6.07, 6.45) is 1.96. The molecule has 0 saturated carbocycles. The van der Waals surface area contributed by atoms with Crippen LogP contribution in [0.4, 0.5) is 20.2 Å². The van der Waals surface area contributed by atoms with Crippen LogP contribution in [0.15, 0.2) is 12.1 Å². The van der Waals surface area contributed by atoms with Crippen LogP contribution in [0.2, 0.25) is 0 Å². The Balaban J connectivity index is 2.02. The van der Waals surface area contributed by atoms with Crippen molar-refractivity contribution in [2.24, 2.45) is 5.92 Å². The largest absolute Gasteiger partial charge is 0.379 e. The first-order chi connectivity index (χ1) is 10.0. The summed E-state index contributed by atoms with van der Waals surface area (Å²) in [6.45, 7) is 5.59. The second-order valence-electron chi connectivity index (χ2n) is 5.30. The van der Waals surface area contributed by atoms with E-state index in [2.05, 4.69) is 17.1 Å². The molecule has 1 fully saturated rings. The molecule has 1 aromatic rings. The number of nitro groups is 1. The van der Waals surface area contributed by atoms with Gasteiger partial charge in [-0.3, -0.25) is 10.1 Å². The van der Waals surface area contributed by atoms with Crippen molar-refractivity contribution in [3.8, 4) is 0 Å². The molecule has 0 radical (unpaired) electrons. The summed E-state index contributed by atoms with van der Waals surface area (Å²) in [5.41, 5.74) is -0.780. The zero-order chi connectivity index (χ0) is 15.4. The van der Waals surface area contributed by atoms with Crippen molar-refractivity contribution in [3.63, 3.8) is 0 Å². The number of nitrogens with zero attached hydrogens (tertiary/aromatic N) is 2. The lowest BCUT2D eigenvalue weighted by molar-refractivity contribution is -0.386. The third-order valence-corrected chi connectivity index (χ3v) is 3.95. The Bertz CT molecular complexity index is 517. The van der Waals surface area contributed by atoms with Crippen LogP contribution in [-0.2, 0) is 0 Å². The maximum atomic E-state index is 13.5. The van der Waals surface area contributed by atoms with Gasteiger partial charge in [-0.2, -0.15) is 4.39 Å². The second kappa shape index (κ2) is 6.80. The summed E-state index contributed by atoms with van der Waals surface area (Å²) in [5, 5.41) is 13.7. The van der Waals surface area contributed by atoms with Gasteiger partial charge >= 0.3 is 5.69 Å². The molecule has 0 spiro atoms. The molecule has 7 heteroatoms. The molecule has 1 aliphatic rings. The maximum absolute atomic E-state index is 13.5. The summed E-state index contributed by atoms with van der Waals surface area (Å²) >= 11 is 0. The Morgan fingerprint density at radius 1 is 1.38 bits per heavy atom. The number of nitrogens with one attached hydrogen (secondary N) is 1. The molecular weight excluding hydrogens is 280 g/mol. The third kappa shape index (κ3) is 3.87. The number of rotatable bonds is 5. The predicted octanol–water partition coefficient (Wildman–Crippen LogP) is 3.02. The van der Waals surface area contributed by atoms with E-state index in [1.807, 2.05) is 0 Å². The molecule has 0 bridgehead atoms. The number of piperidine rings is 1. The second-order valence-corrected chi connectivity index (χ2v) is 5.30. The van der Waals surface area contributed by atoms with E-state index in [4.69, 9.17) is 0 Å². The average Bonchev–Trinajstić information content (AvgIpc) is 2.44. The SMILES string of the molecule is CCN1CCC(CNc2cc(F)cc(F)c2[N+](=O)[O-])CC1. The molecule has 2 rings (SSSR count). The van der Waals surface area contributed by atoms with Crippen molar-refractivity contribution in [1.82, 2.24) is 4.90 Å². The average molecular weight is 299 g/mol. The van der Waals surface area contributed by atoms with E-state index in [1.54, 1.807) is 0 Å². The van der Waals surface area contributed by atoms with Gasteiger partial charge in [0, 0.05) is 18.7 Å². The monoisotopic (exact) mass is 299 g/mol. The van der Waals surface area contributed by atoms with Crippen molar-refractivity contribution < 1.29 is 13.7 Å². The van der Waals surface area contributed by atoms with Crippen molar-refractivity contribution in [2.75, 3.05) is 31.5 Å². The van der Waals surface area contributed by atoms with Gasteiger partial charge in [0.15, 0.2) is 0 Å². The van der Waals surface area contributed by atoms with Crippen LogP contribution in [-0.4, -0.2) is 36.0 Å². The van der Waals surface area contributed by atoms with Gasteiger partial charge in [0.05, 0.1) is 4.92 Å². The number of halogens is 2. The van der Waals surface area contributed by atoms with Gasteiger partial charge < -0.3 is 10.2 Å². The minimum Gasteiger partial charge on any atom is -0.379 e. The molecule has 0 aliphatic carbocycles. The predicted molar refractivity (Wildman–Crippen MR) is 76.3 cm³/mol. The highest BCUT2D eigenvalue weighted by atomic mass is 19.1. The summed E-state index contributed by atoms with van der Waals surface area (Å²) in [4.78, 5) is 12.4. The molecule has 0 aromatic heterocycles. The molecule has 0 atom stereocenters. The van der Waals surface area contributed by atoms with Crippen molar-refractivity contribution in [3.05, 3.63) is 33.9 Å². The summed E-state index contributed by atoms with van der Waals surface area (Å²) in [6, 6.07) is 1.51. The summed E-state index contributed by atoms with van der Waals surface area (Å²) < 4.78 is 26.7. The first-order valence-corrected chi connectivity index (χ1v) is 7.11. The first-order valence-electron chi connectivity index (χ1n) is 7.11. The molecule has 0 amide bonds. The maximum Gasteiger partial charge on any atom is 0.327 e. The Morgan fingerprint density at radius 2 is 2.05 bits per heavy atom. The number of nitro benzene ring substituents is 1. The number of anilines is 1. The number of hydrogen-bond acceptors (Lipinski definition) is 4. The van der Waals surface area contributed by atoms with Gasteiger partial charge in [0.25, 0.3) is 0 Å². The molecule has 5 nitrogen and oxygen atoms in total. The van der Waals surface area contributed by atoms with Gasteiger partial charge in [-0.25, -0.2) is 4.39 Å². The van der Waals surface area contributed by atoms with E-state index in [0.29, 0.717) is 18.5 Å². The third-order valence-electron chi connectivity index (χ3n) is 3.95. The van der Waals surface area contributed by atoms with Crippen LogP contribution in [0.5, 0.6) is 0 Å². The fourth-order valence-corrected chi connectivity index (χ4v) is 2.65. The van der Waals surface area contributed by atoms with E-state index in [1.165, 1.54) is 0 Å². The molecule has 1 heterocycles. The lowest BCUT2D eigenvalue weighted by Gasteiger charge is -2.31. The van der Waals surface area contributed by atoms with E-state index in [9.17, 15) is 18.9 Å². The number of hydrogen-bond donors (Lipinski definition) is 1. The Labute approximate surface area is 122 Å². The van der Waals surface area contributed by atoms with E-state index in [-0.39, 0.29) is 5.69 Å². The lowest BCUT2D eigenvalue weighted by atomic mass is 9.96. The highest BCUT2D eigenvalue weighted by Gasteiger charge is 2.23. The van der Waals surface area contributed by atoms with Gasteiger partial charge in [-0.15, -0.1) is 0 Å². The highest BCUT2D eigenvalue weighted by molar-refractivity contribution is 5.62. The lowest BCUT2D eigenvalue weighted by Crippen LogP contribution is -2.35. The van der Waals surface area contributed by atoms with E-state index < -0.39 is 22.2 Å². The Kier molecular flexibility index (Phi) is 5.06. The van der Waals surface area contributed by atoms with Crippen molar-refractivity contribution >= 4 is 11.4 Å². The van der Waals surface area contributed by atoms with Crippen LogP contribution in [0, 0.1) is 27.7 Å². The fraction of sp³-hybridized carbons (Fsp3) is 0.571. The smallest absolute Gasteiger partial charge is 0.327 e. The van der Waals surface area contributed by atoms with E-state index >= 15 is 0 Å². The molecule has 1 saturated heterocycles. The quantitative estimate of drug-likeness (QED) is 0.670. The Hall–Kier alpha value is -1.76. The minimum absolute atomic E-state index is 0.0876. The number of likely N-dealkylation sites (tertiary alicyclic amines) is 1. The zero-order valence-electron chi connectivity index (χ0n) is 11.9. The van der Waals surface area contributed by atoms with Crippen LogP contribution in [0.25, 0.3) is 0 Å². The van der Waals surface area contributed by atoms with Crippen molar-refractivity contribution in [2.45, 2.75) is 19.8 Å². The van der Waals surface area contributed by atoms with Crippen LogP contribution in [0.1, 0.15) is 19.8 Å². The summed E-state index contributed by atoms with van der Waals surface area (Å²) in [7, 11) is 0. The van der Waals surface area contributed by atoms with Gasteiger partial charge in [-0.05, 0) is 38.4 Å². The van der Waals surface area contributed by atoms with Crippen molar-refractivity contribution in [1.29, 1.82) is 0 Å². The zero-order valence-corrected chi connectivity index (χ0v) is 11.9. The molecule has 1 aliphatic heterocycles. The van der Waals surface area contributed by atoms with Gasteiger partial charge in [-0.1, -0.05) is 6.92 Å². The molecule has 1 N–H and O–H groups in total. The van der Waals surface area contributed by atoms with Crippen LogP contribution in [0.3, 0.4) is 0 Å². The van der Waals surface area contributed by atoms with Crippen LogP contribution >= 0.6 is 0 Å². The molecule has 0 unspecified atom stereocenters. The minimum atomic E-state index is -1.15. The van der Waals surface area contributed by atoms with Gasteiger partial charge in [0.1, 0.15) is 11.5 Å². The molecular formula is C14H19F2N3O2. The standard InChI is InChI=1S/C14H19F2N3O2/c1-2-18-5-3-10(4-6-18)9-17-13-8-11(15)7-12(16)14(13)19(20)21/h7-8,10,17H,2-6,9H2,1H3. The topological polar surface area (TPSA) is 58.4 Å². The normalized spacial score (nSPS) is 16.9.